The van der Waals surface area contributed by atoms with E-state index in [-0.39, 0.29) is 11.9 Å². The summed E-state index contributed by atoms with van der Waals surface area (Å²) in [5, 5.41) is 0. The molecule has 5 heteroatoms. The summed E-state index contributed by atoms with van der Waals surface area (Å²) in [5.41, 5.74) is 1.64. The van der Waals surface area contributed by atoms with E-state index in [1.807, 2.05) is 19.1 Å². The van der Waals surface area contributed by atoms with Gasteiger partial charge in [0.15, 0.2) is 0 Å². The molecule has 1 saturated heterocycles. The molecule has 2 rings (SSSR count). The first-order chi connectivity index (χ1) is 12.2. The Morgan fingerprint density at radius 3 is 1.96 bits per heavy atom. The highest BCUT2D eigenvalue weighted by atomic mass is 16.2. The van der Waals surface area contributed by atoms with Gasteiger partial charge in [-0.05, 0) is 59.6 Å². The minimum Gasteiger partial charge on any atom is -0.324 e. The van der Waals surface area contributed by atoms with Crippen molar-refractivity contribution >= 4 is 11.9 Å². The van der Waals surface area contributed by atoms with Crippen molar-refractivity contribution in [1.82, 2.24) is 14.7 Å². The van der Waals surface area contributed by atoms with Gasteiger partial charge in [-0.1, -0.05) is 17.7 Å². The van der Waals surface area contributed by atoms with E-state index in [9.17, 15) is 9.59 Å². The number of likely N-dealkylation sites (tertiary alicyclic amines) is 1. The normalized spacial score (nSPS) is 15.8. The summed E-state index contributed by atoms with van der Waals surface area (Å²) in [7, 11) is 1.57. The molecule has 0 spiro atoms. The molecule has 1 heterocycles. The Hall–Kier alpha value is -1.88. The predicted molar refractivity (Wildman–Crippen MR) is 105 cm³/mol. The molecule has 0 radical (unpaired) electrons. The van der Waals surface area contributed by atoms with Gasteiger partial charge in [0.1, 0.15) is 0 Å². The maximum atomic E-state index is 12.7. The number of carbonyl (C=O) groups excluding carboxylic acids is 2. The number of amides is 3. The van der Waals surface area contributed by atoms with Gasteiger partial charge in [-0.2, -0.15) is 0 Å². The van der Waals surface area contributed by atoms with Gasteiger partial charge in [0.05, 0.1) is 0 Å². The van der Waals surface area contributed by atoms with Gasteiger partial charge in [0.2, 0.25) is 0 Å². The third-order valence-corrected chi connectivity index (χ3v) is 5.24. The van der Waals surface area contributed by atoms with E-state index in [4.69, 9.17) is 0 Å². The van der Waals surface area contributed by atoms with Crippen molar-refractivity contribution in [2.45, 2.75) is 65.6 Å². The summed E-state index contributed by atoms with van der Waals surface area (Å²) in [5.74, 6) is -0.247. The Morgan fingerprint density at radius 1 is 1.00 bits per heavy atom. The number of hydrogen-bond donors (Lipinski definition) is 0. The van der Waals surface area contributed by atoms with Crippen molar-refractivity contribution in [3.05, 3.63) is 35.4 Å². The molecule has 5 nitrogen and oxygen atoms in total. The lowest BCUT2D eigenvalue weighted by Gasteiger charge is -2.43. The van der Waals surface area contributed by atoms with E-state index >= 15 is 0 Å². The van der Waals surface area contributed by atoms with Crippen LogP contribution < -0.4 is 0 Å². The standard InChI is InChI=1S/C21H33N3O2/c1-15(2)24(16(3)4)19-11-13-23(14-12-19)21(26)22(6)20(25)18-9-7-17(5)8-10-18/h7-10,15-16,19H,11-14H2,1-6H3. The highest BCUT2D eigenvalue weighted by Gasteiger charge is 2.31. The largest absolute Gasteiger partial charge is 0.326 e. The van der Waals surface area contributed by atoms with Crippen LogP contribution >= 0.6 is 0 Å². The zero-order valence-electron chi connectivity index (χ0n) is 17.0. The number of rotatable bonds is 4. The zero-order valence-corrected chi connectivity index (χ0v) is 17.0. The van der Waals surface area contributed by atoms with E-state index in [0.717, 1.165) is 18.4 Å². The lowest BCUT2D eigenvalue weighted by molar-refractivity contribution is 0.0591. The monoisotopic (exact) mass is 359 g/mol. The number of aryl methyl sites for hydroxylation is 1. The smallest absolute Gasteiger partial charge is 0.324 e. The Morgan fingerprint density at radius 2 is 1.50 bits per heavy atom. The fraction of sp³-hybridized carbons (Fsp3) is 0.619. The maximum Gasteiger partial charge on any atom is 0.326 e. The third kappa shape index (κ3) is 4.64. The van der Waals surface area contributed by atoms with Gasteiger partial charge in [-0.15, -0.1) is 0 Å². The lowest BCUT2D eigenvalue weighted by atomic mass is 10.00. The van der Waals surface area contributed by atoms with E-state index in [2.05, 4.69) is 32.6 Å². The van der Waals surface area contributed by atoms with Gasteiger partial charge in [-0.25, -0.2) is 4.79 Å². The summed E-state index contributed by atoms with van der Waals surface area (Å²) < 4.78 is 0. The number of carbonyl (C=O) groups is 2. The molecule has 3 amide bonds. The first-order valence-electron chi connectivity index (χ1n) is 9.63. The first-order valence-corrected chi connectivity index (χ1v) is 9.63. The Labute approximate surface area is 158 Å². The SMILES string of the molecule is Cc1ccc(C(=O)N(C)C(=O)N2CCC(N(C(C)C)C(C)C)CC2)cc1. The summed E-state index contributed by atoms with van der Waals surface area (Å²) >= 11 is 0. The summed E-state index contributed by atoms with van der Waals surface area (Å²) in [6.45, 7) is 12.3. The van der Waals surface area contributed by atoms with Gasteiger partial charge in [0, 0.05) is 43.8 Å². The van der Waals surface area contributed by atoms with Crippen LogP contribution in [0.25, 0.3) is 0 Å². The van der Waals surface area contributed by atoms with Crippen molar-refractivity contribution in [2.75, 3.05) is 20.1 Å². The Bertz CT molecular complexity index is 609. The third-order valence-electron chi connectivity index (χ3n) is 5.24. The molecule has 0 aromatic heterocycles. The second kappa shape index (κ2) is 8.67. The van der Waals surface area contributed by atoms with Crippen LogP contribution in [-0.4, -0.2) is 64.9 Å². The van der Waals surface area contributed by atoms with Crippen LogP contribution in [0.15, 0.2) is 24.3 Å². The lowest BCUT2D eigenvalue weighted by Crippen LogP contribution is -2.53. The van der Waals surface area contributed by atoms with Crippen LogP contribution in [0.4, 0.5) is 4.79 Å². The van der Waals surface area contributed by atoms with Crippen LogP contribution in [0.1, 0.15) is 56.5 Å². The fourth-order valence-electron chi connectivity index (χ4n) is 3.98. The molecule has 0 saturated carbocycles. The quantitative estimate of drug-likeness (QED) is 0.822. The van der Waals surface area contributed by atoms with E-state index in [0.29, 0.717) is 36.8 Å². The molecule has 0 aliphatic carbocycles. The van der Waals surface area contributed by atoms with Gasteiger partial charge in [0.25, 0.3) is 5.91 Å². The van der Waals surface area contributed by atoms with Crippen molar-refractivity contribution in [3.63, 3.8) is 0 Å². The van der Waals surface area contributed by atoms with Gasteiger partial charge < -0.3 is 4.90 Å². The molecule has 144 valence electrons. The minimum atomic E-state index is -0.247. The summed E-state index contributed by atoms with van der Waals surface area (Å²) in [6.07, 6.45) is 1.91. The predicted octanol–water partition coefficient (Wildman–Crippen LogP) is 3.77. The number of hydrogen-bond acceptors (Lipinski definition) is 3. The zero-order chi connectivity index (χ0) is 19.4. The molecule has 0 N–H and O–H groups in total. The van der Waals surface area contributed by atoms with E-state index in [1.54, 1.807) is 24.1 Å². The summed E-state index contributed by atoms with van der Waals surface area (Å²) in [4.78, 5) is 30.9. The topological polar surface area (TPSA) is 43.9 Å². The maximum absolute atomic E-state index is 12.7. The number of benzene rings is 1. The fourth-order valence-corrected chi connectivity index (χ4v) is 3.98. The van der Waals surface area contributed by atoms with E-state index in [1.165, 1.54) is 4.90 Å². The van der Waals surface area contributed by atoms with Crippen LogP contribution in [0, 0.1) is 6.92 Å². The molecule has 1 aromatic carbocycles. The molecule has 0 bridgehead atoms. The molecule has 0 unspecified atom stereocenters. The molecule has 1 fully saturated rings. The second-order valence-corrected chi connectivity index (χ2v) is 7.87. The molecule has 1 aliphatic heterocycles. The average Bonchev–Trinajstić information content (AvgIpc) is 2.60. The molecule has 1 aliphatic rings. The summed E-state index contributed by atoms with van der Waals surface area (Å²) in [6, 6.07) is 8.62. The van der Waals surface area contributed by atoms with Crippen molar-refractivity contribution in [1.29, 1.82) is 0 Å². The number of imide groups is 1. The number of piperidine rings is 1. The van der Waals surface area contributed by atoms with Crippen LogP contribution in [-0.2, 0) is 0 Å². The van der Waals surface area contributed by atoms with Crippen molar-refractivity contribution in [3.8, 4) is 0 Å². The minimum absolute atomic E-state index is 0.199. The van der Waals surface area contributed by atoms with Crippen molar-refractivity contribution in [2.24, 2.45) is 0 Å². The molecular formula is C21H33N3O2. The molecule has 1 aromatic rings. The van der Waals surface area contributed by atoms with E-state index < -0.39 is 0 Å². The molecule has 0 atom stereocenters. The van der Waals surface area contributed by atoms with Gasteiger partial charge >= 0.3 is 6.03 Å². The average molecular weight is 360 g/mol. The number of nitrogens with zero attached hydrogens (tertiary/aromatic N) is 3. The Balaban J connectivity index is 1.97. The second-order valence-electron chi connectivity index (χ2n) is 7.87. The molecule has 26 heavy (non-hydrogen) atoms. The highest BCUT2D eigenvalue weighted by molar-refractivity contribution is 6.03. The molecular weight excluding hydrogens is 326 g/mol. The highest BCUT2D eigenvalue weighted by Crippen LogP contribution is 2.22. The Kier molecular flexibility index (Phi) is 6.81. The first kappa shape index (κ1) is 20.4. The van der Waals surface area contributed by atoms with Crippen molar-refractivity contribution < 1.29 is 9.59 Å². The number of urea groups is 1. The van der Waals surface area contributed by atoms with Gasteiger partial charge in [-0.3, -0.25) is 14.6 Å². The van der Waals surface area contributed by atoms with Crippen LogP contribution in [0.3, 0.4) is 0 Å². The van der Waals surface area contributed by atoms with Crippen LogP contribution in [0.2, 0.25) is 0 Å². The van der Waals surface area contributed by atoms with Crippen LogP contribution in [0.5, 0.6) is 0 Å².